The van der Waals surface area contributed by atoms with Crippen LogP contribution in [0.4, 0.5) is 0 Å². The maximum atomic E-state index is 13.0. The second-order valence-electron chi connectivity index (χ2n) is 7.34. The van der Waals surface area contributed by atoms with Crippen molar-refractivity contribution in [1.29, 1.82) is 0 Å². The standard InChI is InChI=1S/C23H25BrN2O2S/c1-15(2)25-23-26(16(3)4)22(27)21(29-23)13-18-7-5-6-8-20(18)28-14-17-9-11-19(24)12-10-17/h5-13,15-16H,14H2,1-4H3/b21-13+,25-23?. The fourth-order valence-electron chi connectivity index (χ4n) is 2.87. The molecular weight excluding hydrogens is 448 g/mol. The largest absolute Gasteiger partial charge is 0.488 e. The van der Waals surface area contributed by atoms with E-state index < -0.39 is 0 Å². The van der Waals surface area contributed by atoms with Crippen molar-refractivity contribution in [1.82, 2.24) is 4.90 Å². The maximum Gasteiger partial charge on any atom is 0.266 e. The van der Waals surface area contributed by atoms with Gasteiger partial charge in [0.05, 0.1) is 4.91 Å². The highest BCUT2D eigenvalue weighted by Gasteiger charge is 2.35. The lowest BCUT2D eigenvalue weighted by atomic mass is 10.1. The number of amidine groups is 1. The minimum absolute atomic E-state index is 0.00730. The summed E-state index contributed by atoms with van der Waals surface area (Å²) in [5.41, 5.74) is 1.97. The Morgan fingerprint density at radius 1 is 1.10 bits per heavy atom. The third-order valence-corrected chi connectivity index (χ3v) is 5.76. The smallest absolute Gasteiger partial charge is 0.266 e. The number of rotatable bonds is 6. The van der Waals surface area contributed by atoms with E-state index in [1.54, 1.807) is 4.90 Å². The Bertz CT molecular complexity index is 936. The van der Waals surface area contributed by atoms with Crippen LogP contribution < -0.4 is 4.74 Å². The summed E-state index contributed by atoms with van der Waals surface area (Å²) >= 11 is 4.88. The number of hydrogen-bond acceptors (Lipinski definition) is 4. The number of carbonyl (C=O) groups excluding carboxylic acids is 1. The summed E-state index contributed by atoms with van der Waals surface area (Å²) in [6, 6.07) is 16.0. The number of benzene rings is 2. The highest BCUT2D eigenvalue weighted by atomic mass is 79.9. The van der Waals surface area contributed by atoms with Gasteiger partial charge in [-0.3, -0.25) is 14.7 Å². The van der Waals surface area contributed by atoms with E-state index >= 15 is 0 Å². The molecule has 0 saturated carbocycles. The minimum Gasteiger partial charge on any atom is -0.488 e. The molecule has 4 nitrogen and oxygen atoms in total. The van der Waals surface area contributed by atoms with Crippen LogP contribution in [0.3, 0.4) is 0 Å². The van der Waals surface area contributed by atoms with Crippen LogP contribution in [0, 0.1) is 0 Å². The van der Waals surface area contributed by atoms with E-state index in [0.717, 1.165) is 26.5 Å². The molecule has 1 heterocycles. The zero-order chi connectivity index (χ0) is 21.0. The molecule has 0 radical (unpaired) electrons. The first-order valence-electron chi connectivity index (χ1n) is 9.62. The van der Waals surface area contributed by atoms with Gasteiger partial charge in [-0.1, -0.05) is 46.3 Å². The van der Waals surface area contributed by atoms with Crippen LogP contribution in [0.1, 0.15) is 38.8 Å². The van der Waals surface area contributed by atoms with Gasteiger partial charge in [0.2, 0.25) is 0 Å². The highest BCUT2D eigenvalue weighted by molar-refractivity contribution is 9.10. The van der Waals surface area contributed by atoms with Gasteiger partial charge in [0.25, 0.3) is 5.91 Å². The van der Waals surface area contributed by atoms with Crippen molar-refractivity contribution >= 4 is 44.8 Å². The Labute approximate surface area is 185 Å². The van der Waals surface area contributed by atoms with E-state index in [0.29, 0.717) is 11.5 Å². The van der Waals surface area contributed by atoms with Crippen LogP contribution in [0.5, 0.6) is 5.75 Å². The fraction of sp³-hybridized carbons (Fsp3) is 0.304. The van der Waals surface area contributed by atoms with E-state index in [4.69, 9.17) is 4.74 Å². The number of ether oxygens (including phenoxy) is 1. The molecule has 1 aliphatic rings. The average molecular weight is 473 g/mol. The number of halogens is 1. The quantitative estimate of drug-likeness (QED) is 0.475. The molecule has 1 fully saturated rings. The molecule has 0 atom stereocenters. The van der Waals surface area contributed by atoms with E-state index in [1.807, 2.05) is 82.3 Å². The first-order chi connectivity index (χ1) is 13.8. The lowest BCUT2D eigenvalue weighted by Gasteiger charge is -2.20. The van der Waals surface area contributed by atoms with Crippen LogP contribution >= 0.6 is 27.7 Å². The van der Waals surface area contributed by atoms with Crippen LogP contribution in [0.2, 0.25) is 0 Å². The number of thioether (sulfide) groups is 1. The fourth-order valence-corrected chi connectivity index (χ4v) is 4.36. The summed E-state index contributed by atoms with van der Waals surface area (Å²) in [5.74, 6) is 0.744. The predicted octanol–water partition coefficient (Wildman–Crippen LogP) is 6.12. The Morgan fingerprint density at radius 3 is 2.45 bits per heavy atom. The van der Waals surface area contributed by atoms with E-state index in [9.17, 15) is 4.79 Å². The van der Waals surface area contributed by atoms with Gasteiger partial charge in [0, 0.05) is 22.1 Å². The van der Waals surface area contributed by atoms with Crippen LogP contribution in [0.25, 0.3) is 6.08 Å². The molecule has 29 heavy (non-hydrogen) atoms. The van der Waals surface area contributed by atoms with Gasteiger partial charge in [0.15, 0.2) is 5.17 Å². The predicted molar refractivity (Wildman–Crippen MR) is 125 cm³/mol. The zero-order valence-corrected chi connectivity index (χ0v) is 19.5. The number of carbonyl (C=O) groups is 1. The van der Waals surface area contributed by atoms with Crippen molar-refractivity contribution in [3.05, 3.63) is 69.0 Å². The normalized spacial score (nSPS) is 17.2. The van der Waals surface area contributed by atoms with Crippen molar-refractivity contribution in [3.8, 4) is 5.75 Å². The van der Waals surface area contributed by atoms with Crippen molar-refractivity contribution < 1.29 is 9.53 Å². The molecule has 2 aromatic rings. The molecule has 0 spiro atoms. The third kappa shape index (κ3) is 5.52. The van der Waals surface area contributed by atoms with Crippen molar-refractivity contribution in [2.24, 2.45) is 4.99 Å². The molecule has 0 aliphatic carbocycles. The van der Waals surface area contributed by atoms with Gasteiger partial charge in [-0.2, -0.15) is 0 Å². The summed E-state index contributed by atoms with van der Waals surface area (Å²) in [7, 11) is 0. The molecule has 0 unspecified atom stereocenters. The maximum absolute atomic E-state index is 13.0. The van der Waals surface area contributed by atoms with E-state index in [2.05, 4.69) is 20.9 Å². The first-order valence-corrected chi connectivity index (χ1v) is 11.2. The third-order valence-electron chi connectivity index (χ3n) is 4.24. The molecular formula is C23H25BrN2O2S. The summed E-state index contributed by atoms with van der Waals surface area (Å²) < 4.78 is 7.09. The number of para-hydroxylation sites is 1. The molecule has 2 aromatic carbocycles. The number of hydrogen-bond donors (Lipinski definition) is 0. The van der Waals surface area contributed by atoms with Gasteiger partial charge in [0.1, 0.15) is 12.4 Å². The van der Waals surface area contributed by atoms with Crippen molar-refractivity contribution in [2.45, 2.75) is 46.4 Å². The van der Waals surface area contributed by atoms with E-state index in [-0.39, 0.29) is 18.0 Å². The van der Waals surface area contributed by atoms with Gasteiger partial charge < -0.3 is 4.74 Å². The molecule has 0 N–H and O–H groups in total. The van der Waals surface area contributed by atoms with Gasteiger partial charge in [-0.05, 0) is 69.3 Å². The van der Waals surface area contributed by atoms with Crippen LogP contribution in [0.15, 0.2) is 62.9 Å². The molecule has 1 saturated heterocycles. The molecule has 152 valence electrons. The minimum atomic E-state index is -0.00730. The second-order valence-corrected chi connectivity index (χ2v) is 9.26. The molecule has 1 aliphatic heterocycles. The second kappa shape index (κ2) is 9.63. The Morgan fingerprint density at radius 2 is 1.79 bits per heavy atom. The Kier molecular flexibility index (Phi) is 7.19. The zero-order valence-electron chi connectivity index (χ0n) is 17.1. The molecule has 6 heteroatoms. The monoisotopic (exact) mass is 472 g/mol. The van der Waals surface area contributed by atoms with Crippen molar-refractivity contribution in [3.63, 3.8) is 0 Å². The summed E-state index contributed by atoms with van der Waals surface area (Å²) in [6.07, 6.45) is 1.90. The lowest BCUT2D eigenvalue weighted by Crippen LogP contribution is -2.35. The average Bonchev–Trinajstić information content (AvgIpc) is 2.96. The van der Waals surface area contributed by atoms with Gasteiger partial charge in [-0.25, -0.2) is 0 Å². The van der Waals surface area contributed by atoms with Crippen LogP contribution in [-0.2, 0) is 11.4 Å². The van der Waals surface area contributed by atoms with Gasteiger partial charge in [-0.15, -0.1) is 0 Å². The Balaban J connectivity index is 1.84. The summed E-state index contributed by atoms with van der Waals surface area (Å²) in [5, 5.41) is 0.763. The highest BCUT2D eigenvalue weighted by Crippen LogP contribution is 2.35. The van der Waals surface area contributed by atoms with Crippen LogP contribution in [-0.4, -0.2) is 28.1 Å². The number of amides is 1. The number of nitrogens with zero attached hydrogens (tertiary/aromatic N) is 2. The summed E-state index contributed by atoms with van der Waals surface area (Å²) in [4.78, 5) is 20.0. The van der Waals surface area contributed by atoms with Crippen molar-refractivity contribution in [2.75, 3.05) is 0 Å². The molecule has 1 amide bonds. The SMILES string of the molecule is CC(C)N=C1S/C(=C/c2ccccc2OCc2ccc(Br)cc2)C(=O)N1C(C)C. The Hall–Kier alpha value is -2.05. The molecule has 0 bridgehead atoms. The van der Waals surface area contributed by atoms with Gasteiger partial charge >= 0.3 is 0 Å². The topological polar surface area (TPSA) is 41.9 Å². The summed E-state index contributed by atoms with van der Waals surface area (Å²) in [6.45, 7) is 8.51. The first kappa shape index (κ1) is 21.7. The lowest BCUT2D eigenvalue weighted by molar-refractivity contribution is -0.123. The number of aliphatic imine (C=N–C) groups is 1. The molecule has 3 rings (SSSR count). The van der Waals surface area contributed by atoms with E-state index in [1.165, 1.54) is 11.8 Å². The molecule has 0 aromatic heterocycles.